The molecule has 0 fully saturated rings. The van der Waals surface area contributed by atoms with Crippen LogP contribution in [0.5, 0.6) is 0 Å². The van der Waals surface area contributed by atoms with Gasteiger partial charge in [0, 0.05) is 6.20 Å². The second-order valence-electron chi connectivity index (χ2n) is 4.19. The summed E-state index contributed by atoms with van der Waals surface area (Å²) in [5.74, 6) is -0.426. The van der Waals surface area contributed by atoms with Crippen LogP contribution >= 0.6 is 11.6 Å². The predicted octanol–water partition coefficient (Wildman–Crippen LogP) is 2.29. The van der Waals surface area contributed by atoms with Gasteiger partial charge in [0.15, 0.2) is 0 Å². The SMILES string of the molecule is Cc1cc(C)c(NC(=O)c2c[nH]c(=O)cn2)c(Cl)c1. The van der Waals surface area contributed by atoms with Crippen molar-refractivity contribution in [3.8, 4) is 0 Å². The van der Waals surface area contributed by atoms with Crippen molar-refractivity contribution < 1.29 is 4.79 Å². The van der Waals surface area contributed by atoms with Crippen molar-refractivity contribution in [1.29, 1.82) is 0 Å². The standard InChI is InChI=1S/C13H12ClN3O2/c1-7-3-8(2)12(9(14)4-7)17-13(19)10-5-16-11(18)6-15-10/h3-6H,1-2H3,(H,16,18)(H,17,19). The topological polar surface area (TPSA) is 74.8 Å². The number of carbonyl (C=O) groups is 1. The van der Waals surface area contributed by atoms with Crippen molar-refractivity contribution in [1.82, 2.24) is 9.97 Å². The number of nitrogens with one attached hydrogen (secondary N) is 2. The number of aromatic amines is 1. The maximum absolute atomic E-state index is 12.0. The lowest BCUT2D eigenvalue weighted by atomic mass is 10.1. The van der Waals surface area contributed by atoms with Gasteiger partial charge in [0.05, 0.1) is 16.9 Å². The zero-order valence-corrected chi connectivity index (χ0v) is 11.2. The summed E-state index contributed by atoms with van der Waals surface area (Å²) in [6.07, 6.45) is 2.31. The molecule has 0 unspecified atom stereocenters. The molecule has 1 aromatic heterocycles. The fourth-order valence-electron chi connectivity index (χ4n) is 1.72. The van der Waals surface area contributed by atoms with Crippen LogP contribution in [0, 0.1) is 13.8 Å². The van der Waals surface area contributed by atoms with Gasteiger partial charge in [0.1, 0.15) is 5.69 Å². The summed E-state index contributed by atoms with van der Waals surface area (Å²) in [6.45, 7) is 3.78. The van der Waals surface area contributed by atoms with Gasteiger partial charge in [-0.3, -0.25) is 9.59 Å². The first-order valence-corrected chi connectivity index (χ1v) is 5.98. The highest BCUT2D eigenvalue weighted by Gasteiger charge is 2.12. The molecule has 2 aromatic rings. The van der Waals surface area contributed by atoms with Crippen LogP contribution in [-0.2, 0) is 0 Å². The van der Waals surface area contributed by atoms with Gasteiger partial charge in [0.2, 0.25) is 0 Å². The van der Waals surface area contributed by atoms with E-state index in [1.165, 1.54) is 6.20 Å². The van der Waals surface area contributed by atoms with Gasteiger partial charge in [0.25, 0.3) is 11.5 Å². The third-order valence-electron chi connectivity index (χ3n) is 2.57. The highest BCUT2D eigenvalue weighted by molar-refractivity contribution is 6.34. The van der Waals surface area contributed by atoms with Crippen molar-refractivity contribution in [2.45, 2.75) is 13.8 Å². The van der Waals surface area contributed by atoms with Crippen molar-refractivity contribution in [3.05, 3.63) is 56.7 Å². The fraction of sp³-hybridized carbons (Fsp3) is 0.154. The number of anilines is 1. The Kier molecular flexibility index (Phi) is 3.66. The van der Waals surface area contributed by atoms with Crippen LogP contribution in [0.15, 0.2) is 29.3 Å². The number of rotatable bonds is 2. The number of hydrogen-bond acceptors (Lipinski definition) is 3. The first-order valence-electron chi connectivity index (χ1n) is 5.60. The highest BCUT2D eigenvalue weighted by Crippen LogP contribution is 2.27. The Balaban J connectivity index is 2.29. The molecule has 2 rings (SSSR count). The van der Waals surface area contributed by atoms with Crippen LogP contribution in [0.2, 0.25) is 5.02 Å². The summed E-state index contributed by atoms with van der Waals surface area (Å²) >= 11 is 6.10. The van der Waals surface area contributed by atoms with E-state index >= 15 is 0 Å². The molecular weight excluding hydrogens is 266 g/mol. The number of aryl methyl sites for hydroxylation is 2. The quantitative estimate of drug-likeness (QED) is 0.884. The molecule has 0 saturated carbocycles. The van der Waals surface area contributed by atoms with E-state index < -0.39 is 5.91 Å². The third kappa shape index (κ3) is 3.00. The van der Waals surface area contributed by atoms with Gasteiger partial charge in [-0.05, 0) is 31.0 Å². The number of nitrogens with zero attached hydrogens (tertiary/aromatic N) is 1. The molecule has 6 heteroatoms. The molecule has 5 nitrogen and oxygen atoms in total. The summed E-state index contributed by atoms with van der Waals surface area (Å²) in [6, 6.07) is 3.69. The molecule has 0 saturated heterocycles. The molecular formula is C13H12ClN3O2. The van der Waals surface area contributed by atoms with Crippen molar-refractivity contribution >= 4 is 23.2 Å². The Hall–Kier alpha value is -2.14. The smallest absolute Gasteiger partial charge is 0.275 e. The number of amides is 1. The van der Waals surface area contributed by atoms with Crippen LogP contribution < -0.4 is 10.9 Å². The molecule has 0 bridgehead atoms. The number of benzene rings is 1. The molecule has 1 heterocycles. The van der Waals surface area contributed by atoms with Gasteiger partial charge in [-0.2, -0.15) is 0 Å². The van der Waals surface area contributed by atoms with Gasteiger partial charge >= 0.3 is 0 Å². The molecule has 0 aliphatic heterocycles. The Morgan fingerprint density at radius 2 is 2.11 bits per heavy atom. The van der Waals surface area contributed by atoms with E-state index in [1.807, 2.05) is 19.9 Å². The molecule has 1 aromatic carbocycles. The van der Waals surface area contributed by atoms with Gasteiger partial charge < -0.3 is 10.3 Å². The molecule has 98 valence electrons. The van der Waals surface area contributed by atoms with E-state index in [9.17, 15) is 9.59 Å². The number of carbonyl (C=O) groups excluding carboxylic acids is 1. The largest absolute Gasteiger partial charge is 0.325 e. The average Bonchev–Trinajstić information content (AvgIpc) is 2.34. The van der Waals surface area contributed by atoms with E-state index in [4.69, 9.17) is 11.6 Å². The van der Waals surface area contributed by atoms with E-state index in [-0.39, 0.29) is 11.3 Å². The first-order chi connectivity index (χ1) is 8.97. The third-order valence-corrected chi connectivity index (χ3v) is 2.87. The summed E-state index contributed by atoms with van der Waals surface area (Å²) in [5, 5.41) is 3.15. The van der Waals surface area contributed by atoms with Crippen molar-refractivity contribution in [2.75, 3.05) is 5.32 Å². The van der Waals surface area contributed by atoms with Crippen LogP contribution in [-0.4, -0.2) is 15.9 Å². The summed E-state index contributed by atoms with van der Waals surface area (Å²) < 4.78 is 0. The highest BCUT2D eigenvalue weighted by atomic mass is 35.5. The predicted molar refractivity (Wildman–Crippen MR) is 73.7 cm³/mol. The lowest BCUT2D eigenvalue weighted by Crippen LogP contribution is -2.17. The molecule has 0 atom stereocenters. The van der Waals surface area contributed by atoms with Gasteiger partial charge in [-0.1, -0.05) is 17.7 Å². The maximum Gasteiger partial charge on any atom is 0.275 e. The van der Waals surface area contributed by atoms with Gasteiger partial charge in [-0.15, -0.1) is 0 Å². The van der Waals surface area contributed by atoms with E-state index in [0.717, 1.165) is 17.3 Å². The van der Waals surface area contributed by atoms with E-state index in [0.29, 0.717) is 10.7 Å². The Labute approximate surface area is 114 Å². The van der Waals surface area contributed by atoms with E-state index in [2.05, 4.69) is 15.3 Å². The first kappa shape index (κ1) is 13.3. The lowest BCUT2D eigenvalue weighted by Gasteiger charge is -2.11. The number of hydrogen-bond donors (Lipinski definition) is 2. The number of aromatic nitrogens is 2. The summed E-state index contributed by atoms with van der Waals surface area (Å²) in [5.41, 5.74) is 2.19. The second-order valence-corrected chi connectivity index (χ2v) is 4.60. The van der Waals surface area contributed by atoms with Crippen LogP contribution in [0.1, 0.15) is 21.6 Å². The molecule has 0 radical (unpaired) electrons. The van der Waals surface area contributed by atoms with Gasteiger partial charge in [-0.25, -0.2) is 4.98 Å². The van der Waals surface area contributed by atoms with Crippen molar-refractivity contribution in [3.63, 3.8) is 0 Å². The minimum Gasteiger partial charge on any atom is -0.325 e. The summed E-state index contributed by atoms with van der Waals surface area (Å²) in [4.78, 5) is 29.0. The Morgan fingerprint density at radius 1 is 1.37 bits per heavy atom. The van der Waals surface area contributed by atoms with Crippen molar-refractivity contribution in [2.24, 2.45) is 0 Å². The maximum atomic E-state index is 12.0. The lowest BCUT2D eigenvalue weighted by molar-refractivity contribution is 0.102. The minimum atomic E-state index is -0.426. The Morgan fingerprint density at radius 3 is 2.68 bits per heavy atom. The number of H-pyrrole nitrogens is 1. The normalized spacial score (nSPS) is 10.3. The molecule has 0 spiro atoms. The second kappa shape index (κ2) is 5.24. The monoisotopic (exact) mass is 277 g/mol. The van der Waals surface area contributed by atoms with Crippen LogP contribution in [0.25, 0.3) is 0 Å². The molecule has 0 aliphatic rings. The van der Waals surface area contributed by atoms with Crippen LogP contribution in [0.3, 0.4) is 0 Å². The molecule has 2 N–H and O–H groups in total. The average molecular weight is 278 g/mol. The molecule has 19 heavy (non-hydrogen) atoms. The van der Waals surface area contributed by atoms with E-state index in [1.54, 1.807) is 6.07 Å². The zero-order chi connectivity index (χ0) is 14.0. The molecule has 1 amide bonds. The molecule has 0 aliphatic carbocycles. The van der Waals surface area contributed by atoms with Crippen LogP contribution in [0.4, 0.5) is 5.69 Å². The minimum absolute atomic E-state index is 0.121. The zero-order valence-electron chi connectivity index (χ0n) is 10.5. The Bertz CT molecular complexity index is 651. The fourth-order valence-corrected chi connectivity index (χ4v) is 2.09. The summed E-state index contributed by atoms with van der Waals surface area (Å²) in [7, 11) is 0. The number of halogens is 1.